The van der Waals surface area contributed by atoms with Gasteiger partial charge in [0.15, 0.2) is 0 Å². The standard InChI is InChI=1S/C37H50N2O6/c1-23(9-8-10-24(2)33(42)43)28-13-14-29-34(28,3)17-16-30-35(4)18-15-25(45-22-44-5)21-36(35)19-20-37(29,30)39-32(41)27-12-7-6-11-26(27)31(40)38(36)39/h6-7,11-12,19-20,23-25,28-30H,8-10,13-18,21-22H2,1-5H3,(H,42,43)/t23-,24?,25?,28-,29-,30-,34-,35-,36?,37?/m1/s1. The van der Waals surface area contributed by atoms with Crippen LogP contribution in [0.25, 0.3) is 10.8 Å². The first-order chi connectivity index (χ1) is 21.5. The summed E-state index contributed by atoms with van der Waals surface area (Å²) in [7, 11) is 1.64. The maximum Gasteiger partial charge on any atom is 0.306 e. The molecule has 1 N–H and O–H groups in total. The summed E-state index contributed by atoms with van der Waals surface area (Å²) in [5, 5.41) is 10.4. The monoisotopic (exact) mass is 618 g/mol. The van der Waals surface area contributed by atoms with Crippen molar-refractivity contribution in [3.63, 3.8) is 0 Å². The molecule has 3 saturated carbocycles. The predicted octanol–water partition coefficient (Wildman–Crippen LogP) is 6.29. The third-order valence-corrected chi connectivity index (χ3v) is 14.0. The third-order valence-electron chi connectivity index (χ3n) is 14.0. The summed E-state index contributed by atoms with van der Waals surface area (Å²) in [6.45, 7) is 9.24. The highest BCUT2D eigenvalue weighted by Gasteiger charge is 2.74. The summed E-state index contributed by atoms with van der Waals surface area (Å²) >= 11 is 0. The molecule has 0 radical (unpaired) electrons. The third kappa shape index (κ3) is 4.00. The van der Waals surface area contributed by atoms with Crippen LogP contribution in [0.5, 0.6) is 0 Å². The van der Waals surface area contributed by atoms with E-state index in [4.69, 9.17) is 9.47 Å². The normalized spacial score (nSPS) is 39.1. The second-order valence-electron chi connectivity index (χ2n) is 15.8. The van der Waals surface area contributed by atoms with Crippen LogP contribution in [0.2, 0.25) is 0 Å². The van der Waals surface area contributed by atoms with E-state index in [-0.39, 0.29) is 52.6 Å². The smallest absolute Gasteiger partial charge is 0.306 e. The molecule has 2 spiro atoms. The number of ether oxygens (including phenoxy) is 2. The summed E-state index contributed by atoms with van der Waals surface area (Å²) in [5.41, 5.74) is -1.55. The second kappa shape index (κ2) is 10.7. The summed E-state index contributed by atoms with van der Waals surface area (Å²) < 4.78 is 15.4. The number of hydrogen-bond donors (Lipinski definition) is 1. The van der Waals surface area contributed by atoms with Gasteiger partial charge in [0.2, 0.25) is 0 Å². The second-order valence-corrected chi connectivity index (χ2v) is 15.8. The zero-order chi connectivity index (χ0) is 31.9. The van der Waals surface area contributed by atoms with Crippen LogP contribution in [0.3, 0.4) is 0 Å². The number of carbonyl (C=O) groups is 1. The fraction of sp³-hybridized carbons (Fsp3) is 0.703. The molecule has 1 aromatic heterocycles. The molecule has 1 aromatic carbocycles. The zero-order valence-corrected chi connectivity index (χ0v) is 27.6. The number of carboxylic acids is 1. The Balaban J connectivity index is 1.37. The molecule has 6 aliphatic rings. The van der Waals surface area contributed by atoms with Gasteiger partial charge in [0.1, 0.15) is 6.79 Å². The number of aromatic nitrogens is 2. The molecule has 8 heteroatoms. The number of carboxylic acid groups (broad SMARTS) is 1. The first kappa shape index (κ1) is 30.9. The molecule has 0 saturated heterocycles. The van der Waals surface area contributed by atoms with Crippen molar-refractivity contribution in [2.24, 2.45) is 40.4 Å². The fourth-order valence-electron chi connectivity index (χ4n) is 11.8. The van der Waals surface area contributed by atoms with E-state index in [1.54, 1.807) is 14.0 Å². The van der Waals surface area contributed by atoms with Crippen LogP contribution in [0.1, 0.15) is 91.9 Å². The van der Waals surface area contributed by atoms with Crippen molar-refractivity contribution in [3.8, 4) is 0 Å². The van der Waals surface area contributed by atoms with Crippen molar-refractivity contribution in [3.05, 3.63) is 57.1 Å². The van der Waals surface area contributed by atoms with Crippen LogP contribution in [-0.4, -0.2) is 40.4 Å². The number of allylic oxidation sites excluding steroid dienone is 2. The average Bonchev–Trinajstić information content (AvgIpc) is 3.39. The van der Waals surface area contributed by atoms with Crippen LogP contribution < -0.4 is 11.1 Å². The van der Waals surface area contributed by atoms with Crippen molar-refractivity contribution >= 4 is 16.7 Å². The first-order valence-corrected chi connectivity index (χ1v) is 17.3. The highest BCUT2D eigenvalue weighted by atomic mass is 16.7. The van der Waals surface area contributed by atoms with E-state index in [1.807, 2.05) is 33.6 Å². The molecule has 3 fully saturated rings. The number of fused-ring (bicyclic) bond motifs is 2. The Bertz CT molecular complexity index is 1660. The van der Waals surface area contributed by atoms with Gasteiger partial charge in [-0.15, -0.1) is 0 Å². The lowest BCUT2D eigenvalue weighted by atomic mass is 9.40. The Morgan fingerprint density at radius 1 is 0.956 bits per heavy atom. The SMILES string of the molecule is COCOC1CC[C@]2(C)[C@H]3CC[C@]4(C)[C@@H]([C@H](C)CCCC(C)C(=O)O)CC[C@H]4C34C=CC2(C1)n1c(=O)c2ccccc2c(=O)n14. The van der Waals surface area contributed by atoms with Crippen molar-refractivity contribution < 1.29 is 19.4 Å². The highest BCUT2D eigenvalue weighted by molar-refractivity contribution is 5.80. The van der Waals surface area contributed by atoms with Gasteiger partial charge >= 0.3 is 5.97 Å². The van der Waals surface area contributed by atoms with Crippen LogP contribution in [0, 0.1) is 40.4 Å². The Morgan fingerprint density at radius 3 is 2.36 bits per heavy atom. The molecule has 2 aliphatic heterocycles. The van der Waals surface area contributed by atoms with E-state index in [0.717, 1.165) is 51.4 Å². The lowest BCUT2D eigenvalue weighted by Gasteiger charge is -2.72. The molecule has 2 bridgehead atoms. The number of hydrogen-bond acceptors (Lipinski definition) is 5. The van der Waals surface area contributed by atoms with Gasteiger partial charge < -0.3 is 14.6 Å². The Morgan fingerprint density at radius 2 is 1.67 bits per heavy atom. The predicted molar refractivity (Wildman–Crippen MR) is 173 cm³/mol. The fourth-order valence-corrected chi connectivity index (χ4v) is 11.8. The lowest BCUT2D eigenvalue weighted by Crippen LogP contribution is -2.78. The number of aliphatic carboxylic acids is 1. The van der Waals surface area contributed by atoms with E-state index in [1.165, 1.54) is 0 Å². The summed E-state index contributed by atoms with van der Waals surface area (Å²) in [5.74, 6) is 0.379. The largest absolute Gasteiger partial charge is 0.481 e. The van der Waals surface area contributed by atoms with E-state index in [2.05, 4.69) is 32.9 Å². The minimum Gasteiger partial charge on any atom is -0.481 e. The van der Waals surface area contributed by atoms with Crippen molar-refractivity contribution in [2.45, 2.75) is 109 Å². The van der Waals surface area contributed by atoms with Gasteiger partial charge in [-0.1, -0.05) is 64.8 Å². The van der Waals surface area contributed by atoms with E-state index in [9.17, 15) is 19.5 Å². The summed E-state index contributed by atoms with van der Waals surface area (Å²) in [6.07, 6.45) is 14.0. The van der Waals surface area contributed by atoms with Gasteiger partial charge in [-0.05, 0) is 86.2 Å². The van der Waals surface area contributed by atoms with Crippen molar-refractivity contribution in [1.29, 1.82) is 0 Å². The number of methoxy groups -OCH3 is 1. The van der Waals surface area contributed by atoms with Crippen LogP contribution >= 0.6 is 0 Å². The molecule has 4 unspecified atom stereocenters. The van der Waals surface area contributed by atoms with Gasteiger partial charge in [-0.3, -0.25) is 14.4 Å². The van der Waals surface area contributed by atoms with E-state index in [0.29, 0.717) is 35.4 Å². The van der Waals surface area contributed by atoms with Crippen molar-refractivity contribution in [2.75, 3.05) is 13.9 Å². The molecule has 4 aliphatic carbocycles. The topological polar surface area (TPSA) is 99.8 Å². The van der Waals surface area contributed by atoms with Crippen LogP contribution in [0.15, 0.2) is 46.0 Å². The number of rotatable bonds is 9. The minimum absolute atomic E-state index is 0.0110. The number of nitrogens with zero attached hydrogens (tertiary/aromatic N) is 2. The van der Waals surface area contributed by atoms with Gasteiger partial charge in [0.25, 0.3) is 11.1 Å². The maximum atomic E-state index is 14.8. The lowest BCUT2D eigenvalue weighted by molar-refractivity contribution is -0.212. The van der Waals surface area contributed by atoms with Gasteiger partial charge in [0, 0.05) is 18.9 Å². The Labute approximate surface area is 265 Å². The van der Waals surface area contributed by atoms with E-state index >= 15 is 0 Å². The molecule has 0 amide bonds. The maximum absolute atomic E-state index is 14.8. The summed E-state index contributed by atoms with van der Waals surface area (Å²) in [4.78, 5) is 41.0. The molecule has 45 heavy (non-hydrogen) atoms. The Kier molecular flexibility index (Phi) is 7.32. The molecule has 10 atom stereocenters. The molecule has 2 aromatic rings. The van der Waals surface area contributed by atoms with Gasteiger partial charge in [-0.2, -0.15) is 0 Å². The van der Waals surface area contributed by atoms with Crippen LogP contribution in [0.4, 0.5) is 0 Å². The summed E-state index contributed by atoms with van der Waals surface area (Å²) in [6, 6.07) is 7.37. The molecular formula is C37H50N2O6. The van der Waals surface area contributed by atoms with Gasteiger partial charge in [0.05, 0.1) is 33.9 Å². The average molecular weight is 619 g/mol. The van der Waals surface area contributed by atoms with Crippen LogP contribution in [-0.2, 0) is 25.3 Å². The molecular weight excluding hydrogens is 568 g/mol. The van der Waals surface area contributed by atoms with Gasteiger partial charge in [-0.25, -0.2) is 9.36 Å². The molecule has 3 heterocycles. The molecule has 8 rings (SSSR count). The van der Waals surface area contributed by atoms with Crippen molar-refractivity contribution in [1.82, 2.24) is 9.36 Å². The molecule has 8 nitrogen and oxygen atoms in total. The minimum atomic E-state index is -0.718. The first-order valence-electron chi connectivity index (χ1n) is 17.3. The zero-order valence-electron chi connectivity index (χ0n) is 27.6. The van der Waals surface area contributed by atoms with E-state index < -0.39 is 17.0 Å². The highest BCUT2D eigenvalue weighted by Crippen LogP contribution is 2.74. The Hall–Kier alpha value is -2.71. The molecule has 244 valence electrons. The number of benzene rings is 1. The quantitative estimate of drug-likeness (QED) is 0.262.